The molecule has 1 fully saturated rings. The Morgan fingerprint density at radius 3 is 2.65 bits per heavy atom. The fourth-order valence-corrected chi connectivity index (χ4v) is 4.66. The molecule has 2 atom stereocenters. The monoisotopic (exact) mass is 369 g/mol. The molecule has 4 heteroatoms. The molecule has 0 radical (unpaired) electrons. The normalized spacial score (nSPS) is 18.6. The number of benzene rings is 2. The molecule has 1 amide bonds. The summed E-state index contributed by atoms with van der Waals surface area (Å²) in [7, 11) is -1.08. The Hall–Kier alpha value is -1.94. The van der Waals surface area contributed by atoms with Gasteiger partial charge in [0.15, 0.2) is 0 Å². The van der Waals surface area contributed by atoms with Crippen molar-refractivity contribution in [1.29, 1.82) is 0 Å². The van der Waals surface area contributed by atoms with Crippen LogP contribution in [0.4, 0.5) is 0 Å². The molecular weight excluding hydrogens is 342 g/mol. The van der Waals surface area contributed by atoms with Gasteiger partial charge >= 0.3 is 0 Å². The zero-order valence-electron chi connectivity index (χ0n) is 15.8. The van der Waals surface area contributed by atoms with Gasteiger partial charge in [0, 0.05) is 17.7 Å². The number of carbonyl (C=O) groups is 1. The van der Waals surface area contributed by atoms with Crippen molar-refractivity contribution in [2.24, 2.45) is 0 Å². The first-order valence-electron chi connectivity index (χ1n) is 9.26. The Labute approximate surface area is 158 Å². The van der Waals surface area contributed by atoms with Crippen LogP contribution in [0.3, 0.4) is 0 Å². The lowest BCUT2D eigenvalue weighted by molar-refractivity contribution is -0.134. The highest BCUT2D eigenvalue weighted by molar-refractivity contribution is 7.84. The number of hydrogen-bond donors (Lipinski definition) is 0. The zero-order valence-corrected chi connectivity index (χ0v) is 16.6. The van der Waals surface area contributed by atoms with E-state index in [0.717, 1.165) is 36.3 Å². The molecule has 26 heavy (non-hydrogen) atoms. The summed E-state index contributed by atoms with van der Waals surface area (Å²) in [6.07, 6.45) is 5.20. The van der Waals surface area contributed by atoms with Crippen LogP contribution >= 0.6 is 0 Å². The lowest BCUT2D eigenvalue weighted by Crippen LogP contribution is -2.39. The topological polar surface area (TPSA) is 37.4 Å². The Morgan fingerprint density at radius 2 is 1.88 bits per heavy atom. The molecule has 1 aliphatic heterocycles. The number of aryl methyl sites for hydroxylation is 1. The summed E-state index contributed by atoms with van der Waals surface area (Å²) in [5.74, 6) is 0.133. The average molecular weight is 370 g/mol. The van der Waals surface area contributed by atoms with Gasteiger partial charge in [-0.05, 0) is 61.4 Å². The summed E-state index contributed by atoms with van der Waals surface area (Å²) in [5, 5.41) is 0. The van der Waals surface area contributed by atoms with Gasteiger partial charge in [0.1, 0.15) is 0 Å². The van der Waals surface area contributed by atoms with Gasteiger partial charge in [-0.3, -0.25) is 9.00 Å². The summed E-state index contributed by atoms with van der Waals surface area (Å²) in [5.41, 5.74) is 4.70. The molecule has 0 bridgehead atoms. The minimum Gasteiger partial charge on any atom is -0.335 e. The highest BCUT2D eigenvalue weighted by atomic mass is 32.2. The lowest BCUT2D eigenvalue weighted by Gasteiger charge is -2.37. The van der Waals surface area contributed by atoms with Gasteiger partial charge in [0.05, 0.1) is 23.3 Å². The third-order valence-corrected chi connectivity index (χ3v) is 6.47. The smallest absolute Gasteiger partial charge is 0.227 e. The number of carbonyl (C=O) groups excluding carboxylic acids is 1. The Balaban J connectivity index is 1.87. The third-order valence-electron chi connectivity index (χ3n) is 5.45. The summed E-state index contributed by atoms with van der Waals surface area (Å²) < 4.78 is 12.0. The summed E-state index contributed by atoms with van der Waals surface area (Å²) in [4.78, 5) is 16.0. The van der Waals surface area contributed by atoms with Crippen LogP contribution < -0.4 is 0 Å². The molecule has 3 nitrogen and oxygen atoms in total. The van der Waals surface area contributed by atoms with Gasteiger partial charge in [-0.2, -0.15) is 0 Å². The van der Waals surface area contributed by atoms with E-state index in [0.29, 0.717) is 6.42 Å². The first-order valence-corrected chi connectivity index (χ1v) is 10.8. The van der Waals surface area contributed by atoms with Crippen LogP contribution in [0.25, 0.3) is 0 Å². The molecule has 0 aromatic heterocycles. The third kappa shape index (κ3) is 3.90. The van der Waals surface area contributed by atoms with E-state index in [1.54, 1.807) is 6.26 Å². The van der Waals surface area contributed by atoms with Crippen molar-refractivity contribution in [3.05, 3.63) is 64.7 Å². The van der Waals surface area contributed by atoms with Crippen LogP contribution in [-0.2, 0) is 22.0 Å². The second-order valence-corrected chi connectivity index (χ2v) is 8.47. The van der Waals surface area contributed by atoms with Gasteiger partial charge in [0.2, 0.25) is 5.91 Å². The maximum absolute atomic E-state index is 13.1. The zero-order chi connectivity index (χ0) is 18.7. The molecule has 1 aliphatic rings. The van der Waals surface area contributed by atoms with Gasteiger partial charge in [-0.15, -0.1) is 0 Å². The Morgan fingerprint density at radius 1 is 1.12 bits per heavy atom. The second-order valence-electron chi connectivity index (χ2n) is 7.13. The first-order chi connectivity index (χ1) is 12.5. The molecule has 1 saturated heterocycles. The number of piperidine rings is 1. The van der Waals surface area contributed by atoms with E-state index in [9.17, 15) is 9.00 Å². The molecule has 2 aromatic rings. The largest absolute Gasteiger partial charge is 0.335 e. The van der Waals surface area contributed by atoms with Crippen LogP contribution in [-0.4, -0.2) is 27.8 Å². The molecule has 1 heterocycles. The minimum atomic E-state index is -1.08. The van der Waals surface area contributed by atoms with Crippen LogP contribution in [0.2, 0.25) is 0 Å². The highest BCUT2D eigenvalue weighted by Gasteiger charge is 2.29. The fourth-order valence-electron chi connectivity index (χ4n) is 3.88. The molecule has 3 rings (SSSR count). The predicted octanol–water partition coefficient (Wildman–Crippen LogP) is 4.34. The van der Waals surface area contributed by atoms with Crippen molar-refractivity contribution in [1.82, 2.24) is 4.90 Å². The van der Waals surface area contributed by atoms with Gasteiger partial charge in [-0.25, -0.2) is 0 Å². The van der Waals surface area contributed by atoms with E-state index in [4.69, 9.17) is 0 Å². The number of hydrogen-bond acceptors (Lipinski definition) is 2. The summed E-state index contributed by atoms with van der Waals surface area (Å²) >= 11 is 0. The molecule has 0 saturated carbocycles. The van der Waals surface area contributed by atoms with E-state index in [1.807, 2.05) is 29.2 Å². The van der Waals surface area contributed by atoms with Crippen molar-refractivity contribution in [2.45, 2.75) is 50.5 Å². The number of rotatable bonds is 4. The van der Waals surface area contributed by atoms with Gasteiger partial charge in [0.25, 0.3) is 0 Å². The first kappa shape index (κ1) is 18.8. The van der Waals surface area contributed by atoms with E-state index < -0.39 is 10.8 Å². The molecular formula is C22H27NO2S. The number of nitrogens with zero attached hydrogens (tertiary/aromatic N) is 1. The Bertz CT molecular complexity index is 831. The molecule has 0 aliphatic carbocycles. The SMILES string of the molecule is Cc1cccc([C@H]2CCCCN2C(=O)Cc2ccccc2[S@](C)=O)c1C. The summed E-state index contributed by atoms with van der Waals surface area (Å²) in [6.45, 7) is 5.08. The van der Waals surface area contributed by atoms with Crippen LogP contribution in [0, 0.1) is 13.8 Å². The number of likely N-dealkylation sites (tertiary alicyclic amines) is 1. The lowest BCUT2D eigenvalue weighted by atomic mass is 9.90. The van der Waals surface area contributed by atoms with Crippen molar-refractivity contribution in [2.75, 3.05) is 12.8 Å². The van der Waals surface area contributed by atoms with Crippen molar-refractivity contribution >= 4 is 16.7 Å². The molecule has 138 valence electrons. The van der Waals surface area contributed by atoms with E-state index in [1.165, 1.54) is 16.7 Å². The Kier molecular flexibility index (Phi) is 5.92. The molecule has 2 aromatic carbocycles. The molecule has 0 unspecified atom stereocenters. The predicted molar refractivity (Wildman–Crippen MR) is 107 cm³/mol. The summed E-state index contributed by atoms with van der Waals surface area (Å²) in [6, 6.07) is 14.1. The highest BCUT2D eigenvalue weighted by Crippen LogP contribution is 2.34. The van der Waals surface area contributed by atoms with E-state index >= 15 is 0 Å². The quantitative estimate of drug-likeness (QED) is 0.804. The average Bonchev–Trinajstić information content (AvgIpc) is 2.64. The molecule has 0 spiro atoms. The van der Waals surface area contributed by atoms with E-state index in [2.05, 4.69) is 32.0 Å². The van der Waals surface area contributed by atoms with Crippen LogP contribution in [0.15, 0.2) is 47.4 Å². The second kappa shape index (κ2) is 8.17. The number of amides is 1. The van der Waals surface area contributed by atoms with Gasteiger partial charge in [-0.1, -0.05) is 36.4 Å². The fraction of sp³-hybridized carbons (Fsp3) is 0.409. The maximum Gasteiger partial charge on any atom is 0.227 e. The van der Waals surface area contributed by atoms with Crippen molar-refractivity contribution in [3.63, 3.8) is 0 Å². The maximum atomic E-state index is 13.1. The van der Waals surface area contributed by atoms with Crippen LogP contribution in [0.1, 0.15) is 47.6 Å². The van der Waals surface area contributed by atoms with Crippen LogP contribution in [0.5, 0.6) is 0 Å². The van der Waals surface area contributed by atoms with E-state index in [-0.39, 0.29) is 11.9 Å². The standard InChI is InChI=1S/C22H27NO2S/c1-16-9-8-11-19(17(16)2)20-12-6-7-14-23(20)22(24)15-18-10-4-5-13-21(18)26(3)25/h4-5,8-11,13,20H,6-7,12,14-15H2,1-3H3/t20-,26+/m1/s1. The van der Waals surface area contributed by atoms with Gasteiger partial charge < -0.3 is 4.90 Å². The molecule has 0 N–H and O–H groups in total. The minimum absolute atomic E-state index is 0.133. The van der Waals surface area contributed by atoms with Crippen molar-refractivity contribution in [3.8, 4) is 0 Å². The van der Waals surface area contributed by atoms with Crippen molar-refractivity contribution < 1.29 is 9.00 Å².